The summed E-state index contributed by atoms with van der Waals surface area (Å²) in [6.07, 6.45) is 4.17. The van der Waals surface area contributed by atoms with Crippen LogP contribution in [0.25, 0.3) is 5.57 Å². The van der Waals surface area contributed by atoms with Gasteiger partial charge in [-0.1, -0.05) is 13.0 Å². The van der Waals surface area contributed by atoms with Gasteiger partial charge in [-0.25, -0.2) is 9.98 Å². The minimum atomic E-state index is -0.486. The smallest absolute Gasteiger partial charge is 0.254 e. The number of nitrogens with zero attached hydrogens (tertiary/aromatic N) is 3. The highest BCUT2D eigenvalue weighted by molar-refractivity contribution is 7.13. The lowest BCUT2D eigenvalue weighted by Gasteiger charge is -2.00. The number of allylic oxidation sites excluding steroid dienone is 2. The standard InChI is InChI=1S/C11H14ClN3OS/c1-4-5-8(10(12)16)9-6-17-11(14-9)13-7-15(2)3/h5-7H,4H2,1-3H3/b8-5+,13-7?. The number of carbonyl (C=O) groups excluding carboxylic acids is 1. The predicted molar refractivity (Wildman–Crippen MR) is 73.1 cm³/mol. The van der Waals surface area contributed by atoms with Gasteiger partial charge in [0.1, 0.15) is 0 Å². The summed E-state index contributed by atoms with van der Waals surface area (Å²) in [6, 6.07) is 0. The van der Waals surface area contributed by atoms with Gasteiger partial charge in [-0.3, -0.25) is 4.79 Å². The van der Waals surface area contributed by atoms with Crippen LogP contribution in [0.1, 0.15) is 19.0 Å². The van der Waals surface area contributed by atoms with E-state index in [1.54, 1.807) is 17.8 Å². The van der Waals surface area contributed by atoms with Crippen molar-refractivity contribution >= 4 is 45.2 Å². The molecule has 4 nitrogen and oxygen atoms in total. The summed E-state index contributed by atoms with van der Waals surface area (Å²) in [6.45, 7) is 1.94. The number of carbonyl (C=O) groups is 1. The van der Waals surface area contributed by atoms with Gasteiger partial charge in [0.05, 0.1) is 17.6 Å². The van der Waals surface area contributed by atoms with Crippen molar-refractivity contribution in [2.24, 2.45) is 4.99 Å². The summed E-state index contributed by atoms with van der Waals surface area (Å²) >= 11 is 6.88. The largest absolute Gasteiger partial charge is 0.369 e. The number of hydrogen-bond donors (Lipinski definition) is 0. The number of aliphatic imine (C=N–C) groups is 1. The minimum absolute atomic E-state index is 0.441. The zero-order valence-corrected chi connectivity index (χ0v) is 11.5. The predicted octanol–water partition coefficient (Wildman–Crippen LogP) is 2.92. The Labute approximate surface area is 110 Å². The molecule has 6 heteroatoms. The normalized spacial score (nSPS) is 12.1. The van der Waals surface area contributed by atoms with E-state index in [0.29, 0.717) is 16.4 Å². The Morgan fingerprint density at radius 2 is 2.35 bits per heavy atom. The first-order valence-electron chi connectivity index (χ1n) is 5.11. The third-order valence-electron chi connectivity index (χ3n) is 1.79. The molecular weight excluding hydrogens is 258 g/mol. The van der Waals surface area contributed by atoms with Crippen LogP contribution >= 0.6 is 22.9 Å². The number of thiazole rings is 1. The summed E-state index contributed by atoms with van der Waals surface area (Å²) < 4.78 is 0. The Morgan fingerprint density at radius 3 is 2.88 bits per heavy atom. The maximum atomic E-state index is 11.2. The van der Waals surface area contributed by atoms with E-state index in [2.05, 4.69) is 9.98 Å². The fraction of sp³-hybridized carbons (Fsp3) is 0.364. The van der Waals surface area contributed by atoms with Crippen LogP contribution in [0.3, 0.4) is 0 Å². The summed E-state index contributed by atoms with van der Waals surface area (Å²) in [5, 5.41) is 1.90. The maximum absolute atomic E-state index is 11.2. The molecule has 0 fully saturated rings. The molecule has 0 amide bonds. The van der Waals surface area contributed by atoms with Crippen LogP contribution < -0.4 is 0 Å². The van der Waals surface area contributed by atoms with Crippen LogP contribution in [0.15, 0.2) is 16.4 Å². The lowest BCUT2D eigenvalue weighted by molar-refractivity contribution is -0.106. The Bertz CT molecular complexity index is 451. The van der Waals surface area contributed by atoms with Gasteiger partial charge in [0, 0.05) is 19.5 Å². The molecule has 0 spiro atoms. The molecule has 1 heterocycles. The highest BCUT2D eigenvalue weighted by atomic mass is 35.5. The first kappa shape index (κ1) is 13.9. The molecule has 0 aromatic carbocycles. The van der Waals surface area contributed by atoms with Crippen LogP contribution in [-0.2, 0) is 4.79 Å². The molecule has 0 N–H and O–H groups in total. The van der Waals surface area contributed by atoms with Gasteiger partial charge >= 0.3 is 0 Å². The molecule has 17 heavy (non-hydrogen) atoms. The van der Waals surface area contributed by atoms with E-state index < -0.39 is 5.24 Å². The molecule has 0 aliphatic rings. The summed E-state index contributed by atoms with van der Waals surface area (Å²) in [4.78, 5) is 21.4. The van der Waals surface area contributed by atoms with E-state index in [0.717, 1.165) is 6.42 Å². The zero-order valence-electron chi connectivity index (χ0n) is 9.98. The summed E-state index contributed by atoms with van der Waals surface area (Å²) in [7, 11) is 3.76. The molecule has 0 saturated heterocycles. The molecule has 0 unspecified atom stereocenters. The van der Waals surface area contributed by atoms with Crippen LogP contribution in [0, 0.1) is 0 Å². The van der Waals surface area contributed by atoms with Crippen LogP contribution in [0.2, 0.25) is 0 Å². The molecule has 0 radical (unpaired) electrons. The second-order valence-electron chi connectivity index (χ2n) is 3.52. The van der Waals surface area contributed by atoms with Gasteiger partial charge in [0.25, 0.3) is 5.24 Å². The molecule has 92 valence electrons. The van der Waals surface area contributed by atoms with Gasteiger partial charge in [-0.15, -0.1) is 11.3 Å². The van der Waals surface area contributed by atoms with E-state index in [-0.39, 0.29) is 0 Å². The SMILES string of the molecule is CC/C=C(/C(=O)Cl)c1csc(N=CN(C)C)n1. The van der Waals surface area contributed by atoms with Crippen molar-refractivity contribution in [3.05, 3.63) is 17.2 Å². The highest BCUT2D eigenvalue weighted by Gasteiger charge is 2.12. The third-order valence-corrected chi connectivity index (χ3v) is 2.74. The van der Waals surface area contributed by atoms with Gasteiger partial charge in [0.2, 0.25) is 5.13 Å². The Kier molecular flexibility index (Phi) is 5.31. The molecule has 0 saturated carbocycles. The molecule has 1 rings (SSSR count). The fourth-order valence-electron chi connectivity index (χ4n) is 1.10. The molecule has 1 aromatic heterocycles. The van der Waals surface area contributed by atoms with E-state index in [1.807, 2.05) is 25.9 Å². The minimum Gasteiger partial charge on any atom is -0.369 e. The molecular formula is C11H14ClN3OS. The van der Waals surface area contributed by atoms with Crippen molar-refractivity contribution in [2.75, 3.05) is 14.1 Å². The van der Waals surface area contributed by atoms with Crippen LogP contribution in [-0.4, -0.2) is 35.6 Å². The first-order valence-corrected chi connectivity index (χ1v) is 6.36. The number of hydrogen-bond acceptors (Lipinski definition) is 4. The van der Waals surface area contributed by atoms with Crippen molar-refractivity contribution in [3.63, 3.8) is 0 Å². The topological polar surface area (TPSA) is 45.6 Å². The Morgan fingerprint density at radius 1 is 1.65 bits per heavy atom. The van der Waals surface area contributed by atoms with Crippen molar-refractivity contribution in [3.8, 4) is 0 Å². The van der Waals surface area contributed by atoms with Gasteiger partial charge in [-0.2, -0.15) is 0 Å². The van der Waals surface area contributed by atoms with Crippen molar-refractivity contribution in [1.29, 1.82) is 0 Å². The molecule has 0 aliphatic carbocycles. The second kappa shape index (κ2) is 6.51. The van der Waals surface area contributed by atoms with Gasteiger partial charge in [-0.05, 0) is 18.0 Å². The summed E-state index contributed by atoms with van der Waals surface area (Å²) in [5.41, 5.74) is 1.03. The maximum Gasteiger partial charge on any atom is 0.254 e. The molecule has 0 aliphatic heterocycles. The summed E-state index contributed by atoms with van der Waals surface area (Å²) in [5.74, 6) is 0. The van der Waals surface area contributed by atoms with Gasteiger partial charge < -0.3 is 4.90 Å². The van der Waals surface area contributed by atoms with Gasteiger partial charge in [0.15, 0.2) is 0 Å². The monoisotopic (exact) mass is 271 g/mol. The van der Waals surface area contributed by atoms with E-state index in [9.17, 15) is 4.79 Å². The average Bonchev–Trinajstić information content (AvgIpc) is 2.71. The third kappa shape index (κ3) is 4.28. The number of halogens is 1. The lowest BCUT2D eigenvalue weighted by atomic mass is 10.2. The van der Waals surface area contributed by atoms with E-state index in [4.69, 9.17) is 11.6 Å². The number of rotatable bonds is 5. The molecule has 0 bridgehead atoms. The Hall–Kier alpha value is -1.20. The van der Waals surface area contributed by atoms with E-state index in [1.165, 1.54) is 11.3 Å². The van der Waals surface area contributed by atoms with Crippen LogP contribution in [0.4, 0.5) is 5.13 Å². The lowest BCUT2D eigenvalue weighted by Crippen LogP contribution is -2.06. The quantitative estimate of drug-likeness (QED) is 0.358. The van der Waals surface area contributed by atoms with Crippen molar-refractivity contribution in [2.45, 2.75) is 13.3 Å². The molecule has 1 aromatic rings. The fourth-order valence-corrected chi connectivity index (χ4v) is 1.93. The zero-order chi connectivity index (χ0) is 12.8. The van der Waals surface area contributed by atoms with Crippen molar-refractivity contribution in [1.82, 2.24) is 9.88 Å². The average molecular weight is 272 g/mol. The van der Waals surface area contributed by atoms with Crippen LogP contribution in [0.5, 0.6) is 0 Å². The van der Waals surface area contributed by atoms with E-state index >= 15 is 0 Å². The number of aromatic nitrogens is 1. The second-order valence-corrected chi connectivity index (χ2v) is 4.70. The molecule has 0 atom stereocenters. The van der Waals surface area contributed by atoms with Crippen molar-refractivity contribution < 1.29 is 4.79 Å². The highest BCUT2D eigenvalue weighted by Crippen LogP contribution is 2.25. The Balaban J connectivity index is 2.93. The first-order chi connectivity index (χ1) is 8.04.